The second kappa shape index (κ2) is 2.70. The quantitative estimate of drug-likeness (QED) is 0.404. The lowest BCUT2D eigenvalue weighted by atomic mass is 10.5. The third kappa shape index (κ3) is 1.27. The summed E-state index contributed by atoms with van der Waals surface area (Å²) in [6.45, 7) is 0. The Morgan fingerprint density at radius 2 is 2.18 bits per heavy atom. The van der Waals surface area contributed by atoms with Crippen molar-refractivity contribution in [2.24, 2.45) is 0 Å². The second-order valence-corrected chi connectivity index (χ2v) is 1.51. The highest BCUT2D eigenvalue weighted by atomic mass is 16.7. The van der Waals surface area contributed by atoms with Crippen LogP contribution in [-0.2, 0) is 9.47 Å². The summed E-state index contributed by atoms with van der Waals surface area (Å²) >= 11 is 0. The maximum Gasteiger partial charge on any atom is 0.487 e. The zero-order chi connectivity index (χ0) is 8.27. The molecule has 0 amide bonds. The van der Waals surface area contributed by atoms with E-state index in [0.717, 1.165) is 12.5 Å². The molecule has 0 saturated carbocycles. The molecule has 1 heterocycles. The Balaban J connectivity index is 2.96. The monoisotopic (exact) mass is 154 g/mol. The molecule has 0 radical (unpaired) electrons. The fraction of sp³-hybridized carbons (Fsp3) is 0. The van der Waals surface area contributed by atoms with Gasteiger partial charge >= 0.3 is 11.6 Å². The second-order valence-electron chi connectivity index (χ2n) is 1.51. The molecule has 0 aromatic carbocycles. The van der Waals surface area contributed by atoms with Crippen LogP contribution in [0.4, 0.5) is 0 Å². The van der Waals surface area contributed by atoms with Crippen molar-refractivity contribution < 1.29 is 14.4 Å². The fourth-order valence-corrected chi connectivity index (χ4v) is 0.492. The molecule has 0 N–H and O–H groups in total. The Morgan fingerprint density at radius 3 is 2.64 bits per heavy atom. The number of allylic oxidation sites excluding steroid dienone is 1. The predicted octanol–water partition coefficient (Wildman–Crippen LogP) is 0.474. The molecule has 0 spiro atoms. The summed E-state index contributed by atoms with van der Waals surface area (Å²) in [7, 11) is 0. The van der Waals surface area contributed by atoms with Crippen LogP contribution in [0, 0.1) is 21.4 Å². The van der Waals surface area contributed by atoms with E-state index < -0.39 is 16.6 Å². The molecule has 0 aliphatic carbocycles. The molecule has 0 atom stereocenters. The van der Waals surface area contributed by atoms with E-state index in [0.29, 0.717) is 0 Å². The normalized spacial score (nSPS) is 14.8. The van der Waals surface area contributed by atoms with E-state index in [1.54, 1.807) is 0 Å². The van der Waals surface area contributed by atoms with E-state index in [-0.39, 0.29) is 0 Å². The largest absolute Gasteiger partial charge is 0.487 e. The highest BCUT2D eigenvalue weighted by molar-refractivity contribution is 5.16. The minimum absolute atomic E-state index is 0.447. The number of ether oxygens (including phenoxy) is 2. The van der Waals surface area contributed by atoms with E-state index in [1.165, 1.54) is 6.07 Å². The van der Waals surface area contributed by atoms with Gasteiger partial charge in [-0.25, -0.2) is 0 Å². The molecule has 0 aromatic rings. The van der Waals surface area contributed by atoms with Crippen LogP contribution >= 0.6 is 0 Å². The maximum absolute atomic E-state index is 10.1. The van der Waals surface area contributed by atoms with Gasteiger partial charge in [0.15, 0.2) is 0 Å². The zero-order valence-electron chi connectivity index (χ0n) is 5.18. The van der Waals surface area contributed by atoms with Crippen LogP contribution in [0.2, 0.25) is 0 Å². The number of nitro groups is 1. The third-order valence-electron chi connectivity index (χ3n) is 0.883. The van der Waals surface area contributed by atoms with Crippen LogP contribution in [0.5, 0.6) is 0 Å². The SMILES string of the molecule is N#CC1=C([N+](=O)[O-])OC=CO1. The first-order chi connectivity index (χ1) is 5.25. The summed E-state index contributed by atoms with van der Waals surface area (Å²) in [6.07, 6.45) is 2.03. The molecule has 1 aliphatic heterocycles. The number of rotatable bonds is 1. The van der Waals surface area contributed by atoms with Crippen LogP contribution in [-0.4, -0.2) is 4.92 Å². The molecule has 0 fully saturated rings. The molecule has 1 rings (SSSR count). The van der Waals surface area contributed by atoms with Gasteiger partial charge in [-0.3, -0.25) is 10.1 Å². The van der Waals surface area contributed by atoms with Gasteiger partial charge < -0.3 is 9.47 Å². The molecule has 6 nitrogen and oxygen atoms in total. The molecule has 1 aliphatic rings. The van der Waals surface area contributed by atoms with Crippen molar-refractivity contribution in [1.82, 2.24) is 0 Å². The van der Waals surface area contributed by atoms with Crippen LogP contribution in [0.3, 0.4) is 0 Å². The summed E-state index contributed by atoms with van der Waals surface area (Å²) in [5.74, 6) is -1.13. The van der Waals surface area contributed by atoms with Crippen LogP contribution in [0.25, 0.3) is 0 Å². The summed E-state index contributed by atoms with van der Waals surface area (Å²) in [6, 6.07) is 1.47. The van der Waals surface area contributed by atoms with E-state index in [4.69, 9.17) is 5.26 Å². The maximum atomic E-state index is 10.1. The molecule has 0 saturated heterocycles. The topological polar surface area (TPSA) is 85.4 Å². The van der Waals surface area contributed by atoms with E-state index >= 15 is 0 Å². The van der Waals surface area contributed by atoms with Crippen molar-refractivity contribution in [3.8, 4) is 6.07 Å². The van der Waals surface area contributed by atoms with Gasteiger partial charge in [0.25, 0.3) is 0 Å². The minimum Gasteiger partial charge on any atom is -0.442 e. The van der Waals surface area contributed by atoms with Crippen molar-refractivity contribution in [2.45, 2.75) is 0 Å². The van der Waals surface area contributed by atoms with Crippen LogP contribution < -0.4 is 0 Å². The van der Waals surface area contributed by atoms with Gasteiger partial charge in [0.1, 0.15) is 23.5 Å². The molecular formula is C5H2N2O4. The van der Waals surface area contributed by atoms with Crippen molar-refractivity contribution in [2.75, 3.05) is 0 Å². The van der Waals surface area contributed by atoms with Crippen LogP contribution in [0.1, 0.15) is 0 Å². The summed E-state index contributed by atoms with van der Waals surface area (Å²) in [5, 5.41) is 18.3. The Kier molecular flexibility index (Phi) is 1.74. The minimum atomic E-state index is -0.831. The first-order valence-electron chi connectivity index (χ1n) is 2.53. The van der Waals surface area contributed by atoms with Gasteiger partial charge in [-0.1, -0.05) is 0 Å². The highest BCUT2D eigenvalue weighted by Crippen LogP contribution is 2.13. The predicted molar refractivity (Wildman–Crippen MR) is 30.9 cm³/mol. The van der Waals surface area contributed by atoms with Gasteiger partial charge in [-0.05, 0) is 0 Å². The molecule has 56 valence electrons. The third-order valence-corrected chi connectivity index (χ3v) is 0.883. The molecule has 0 bridgehead atoms. The summed E-state index contributed by atoms with van der Waals surface area (Å²) in [4.78, 5) is 9.25. The highest BCUT2D eigenvalue weighted by Gasteiger charge is 2.24. The Hall–Kier alpha value is -2.03. The van der Waals surface area contributed by atoms with Crippen molar-refractivity contribution >= 4 is 0 Å². The summed E-state index contributed by atoms with van der Waals surface area (Å²) < 4.78 is 8.87. The average Bonchev–Trinajstić information content (AvgIpc) is 2.04. The Labute approximate surface area is 61.1 Å². The van der Waals surface area contributed by atoms with Gasteiger partial charge in [0.05, 0.1) is 0 Å². The number of nitrogens with zero attached hydrogens (tertiary/aromatic N) is 2. The van der Waals surface area contributed by atoms with Gasteiger partial charge in [-0.2, -0.15) is 5.26 Å². The lowest BCUT2D eigenvalue weighted by Crippen LogP contribution is -2.07. The smallest absolute Gasteiger partial charge is 0.442 e. The lowest BCUT2D eigenvalue weighted by molar-refractivity contribution is -0.462. The lowest BCUT2D eigenvalue weighted by Gasteiger charge is -2.03. The van der Waals surface area contributed by atoms with E-state index in [1.807, 2.05) is 0 Å². The molecule has 6 heteroatoms. The summed E-state index contributed by atoms with van der Waals surface area (Å²) in [5.41, 5.74) is 0. The standard InChI is InChI=1S/C5H2N2O4/c6-3-4-5(7(8)9)11-2-1-10-4/h1-2H. The van der Waals surface area contributed by atoms with Gasteiger partial charge in [0.2, 0.25) is 0 Å². The molecular weight excluding hydrogens is 152 g/mol. The van der Waals surface area contributed by atoms with Crippen LogP contribution in [0.15, 0.2) is 24.2 Å². The fourth-order valence-electron chi connectivity index (χ4n) is 0.492. The Bertz CT molecular complexity index is 285. The Morgan fingerprint density at radius 1 is 1.55 bits per heavy atom. The number of hydrogen-bond acceptors (Lipinski definition) is 5. The molecule has 0 aromatic heterocycles. The first-order valence-corrected chi connectivity index (χ1v) is 2.53. The van der Waals surface area contributed by atoms with E-state index in [2.05, 4.69) is 9.47 Å². The van der Waals surface area contributed by atoms with Gasteiger partial charge in [0, 0.05) is 0 Å². The molecule has 0 unspecified atom stereocenters. The number of nitriles is 1. The zero-order valence-corrected chi connectivity index (χ0v) is 5.18. The van der Waals surface area contributed by atoms with Crippen molar-refractivity contribution in [3.05, 3.63) is 34.3 Å². The van der Waals surface area contributed by atoms with Crippen molar-refractivity contribution in [3.63, 3.8) is 0 Å². The van der Waals surface area contributed by atoms with Gasteiger partial charge in [-0.15, -0.1) is 0 Å². The first kappa shape index (κ1) is 7.08. The molecule has 11 heavy (non-hydrogen) atoms. The number of hydrogen-bond donors (Lipinski definition) is 0. The van der Waals surface area contributed by atoms with E-state index in [9.17, 15) is 10.1 Å². The average molecular weight is 154 g/mol. The van der Waals surface area contributed by atoms with Crippen molar-refractivity contribution in [1.29, 1.82) is 5.26 Å².